The molecule has 170 valence electrons. The Morgan fingerprint density at radius 2 is 1.90 bits per heavy atom. The van der Waals surface area contributed by atoms with Gasteiger partial charge in [0.05, 0.1) is 18.3 Å². The van der Waals surface area contributed by atoms with Gasteiger partial charge in [0.25, 0.3) is 0 Å². The Bertz CT molecular complexity index is 795. The summed E-state index contributed by atoms with van der Waals surface area (Å²) in [4.78, 5) is 49.5. The van der Waals surface area contributed by atoms with Gasteiger partial charge in [-0.1, -0.05) is 13.5 Å². The zero-order valence-electron chi connectivity index (χ0n) is 18.1. The van der Waals surface area contributed by atoms with Crippen LogP contribution < -0.4 is 0 Å². The van der Waals surface area contributed by atoms with Gasteiger partial charge in [-0.05, 0) is 45.4 Å². The van der Waals surface area contributed by atoms with E-state index in [9.17, 15) is 19.2 Å². The van der Waals surface area contributed by atoms with Crippen LogP contribution in [0, 0.1) is 23.7 Å². The standard InChI is InChI=1S/C23H30O8/c1-4-23(8-5-6-9-23)31-22(27)17-14-11-13-16(17)21(26)30-19(13)18(14)29-15(24)7-10-28-20(25)12(2)3/h13-14,16-19H,2,4-11H2,1,3H3. The van der Waals surface area contributed by atoms with Crippen molar-refractivity contribution >= 4 is 23.9 Å². The minimum Gasteiger partial charge on any atom is -0.462 e. The first-order valence-corrected chi connectivity index (χ1v) is 11.2. The number of esters is 4. The van der Waals surface area contributed by atoms with Crippen molar-refractivity contribution in [3.63, 3.8) is 0 Å². The van der Waals surface area contributed by atoms with Gasteiger partial charge in [-0.25, -0.2) is 4.79 Å². The predicted molar refractivity (Wildman–Crippen MR) is 106 cm³/mol. The summed E-state index contributed by atoms with van der Waals surface area (Å²) in [6.45, 7) is 6.90. The molecular weight excluding hydrogens is 404 g/mol. The lowest BCUT2D eigenvalue weighted by molar-refractivity contribution is -0.175. The summed E-state index contributed by atoms with van der Waals surface area (Å²) in [7, 11) is 0. The van der Waals surface area contributed by atoms with E-state index in [2.05, 4.69) is 6.58 Å². The molecule has 6 atom stereocenters. The molecule has 3 aliphatic carbocycles. The van der Waals surface area contributed by atoms with Crippen LogP contribution in [-0.2, 0) is 38.1 Å². The van der Waals surface area contributed by atoms with Gasteiger partial charge in [0, 0.05) is 17.4 Å². The molecular formula is C23H30O8. The SMILES string of the molecule is C=C(C)C(=O)OCCC(=O)OC1C2CC3C1OC(=O)C3C2C(=O)OC1(CC)CCCC1. The highest BCUT2D eigenvalue weighted by atomic mass is 16.6. The minimum absolute atomic E-state index is 0.120. The molecule has 3 saturated carbocycles. The molecule has 1 aliphatic heterocycles. The maximum atomic E-state index is 13.2. The lowest BCUT2D eigenvalue weighted by Gasteiger charge is -2.34. The second kappa shape index (κ2) is 8.28. The Kier molecular flexibility index (Phi) is 5.83. The van der Waals surface area contributed by atoms with E-state index in [1.807, 2.05) is 6.92 Å². The van der Waals surface area contributed by atoms with Crippen LogP contribution in [-0.4, -0.2) is 48.3 Å². The van der Waals surface area contributed by atoms with Crippen LogP contribution in [0.3, 0.4) is 0 Å². The van der Waals surface area contributed by atoms with Crippen LogP contribution in [0.1, 0.15) is 58.8 Å². The van der Waals surface area contributed by atoms with Gasteiger partial charge in [-0.15, -0.1) is 0 Å². The molecule has 0 N–H and O–H groups in total. The Labute approximate surface area is 181 Å². The molecule has 8 heteroatoms. The lowest BCUT2D eigenvalue weighted by atomic mass is 9.78. The Hall–Kier alpha value is -2.38. The Morgan fingerprint density at radius 1 is 1.19 bits per heavy atom. The van der Waals surface area contributed by atoms with Gasteiger partial charge < -0.3 is 18.9 Å². The number of carbonyl (C=O) groups is 4. The number of fused-ring (bicyclic) bond motifs is 1. The molecule has 8 nitrogen and oxygen atoms in total. The van der Waals surface area contributed by atoms with Crippen molar-refractivity contribution in [2.24, 2.45) is 23.7 Å². The number of carbonyl (C=O) groups excluding carboxylic acids is 4. The fourth-order valence-electron chi connectivity index (χ4n) is 5.86. The zero-order valence-corrected chi connectivity index (χ0v) is 18.1. The maximum absolute atomic E-state index is 13.2. The van der Waals surface area contributed by atoms with Crippen LogP contribution in [0.2, 0.25) is 0 Å². The van der Waals surface area contributed by atoms with Gasteiger partial charge in [0.1, 0.15) is 24.4 Å². The Morgan fingerprint density at radius 3 is 2.55 bits per heavy atom. The summed E-state index contributed by atoms with van der Waals surface area (Å²) in [6.07, 6.45) is 3.79. The molecule has 6 unspecified atom stereocenters. The van der Waals surface area contributed by atoms with E-state index in [-0.39, 0.29) is 36.4 Å². The smallest absolute Gasteiger partial charge is 0.333 e. The van der Waals surface area contributed by atoms with Crippen LogP contribution in [0.25, 0.3) is 0 Å². The van der Waals surface area contributed by atoms with Crippen LogP contribution in [0.5, 0.6) is 0 Å². The molecule has 2 bridgehead atoms. The second-order valence-electron chi connectivity index (χ2n) is 9.30. The van der Waals surface area contributed by atoms with Gasteiger partial charge in [-0.3, -0.25) is 14.4 Å². The summed E-state index contributed by atoms with van der Waals surface area (Å²) >= 11 is 0. The fraction of sp³-hybridized carbons (Fsp3) is 0.739. The molecule has 31 heavy (non-hydrogen) atoms. The first kappa shape index (κ1) is 21.8. The highest BCUT2D eigenvalue weighted by molar-refractivity contribution is 5.87. The molecule has 4 aliphatic rings. The van der Waals surface area contributed by atoms with E-state index < -0.39 is 47.6 Å². The normalized spacial score (nSPS) is 34.3. The van der Waals surface area contributed by atoms with E-state index in [0.29, 0.717) is 6.42 Å². The van der Waals surface area contributed by atoms with Crippen molar-refractivity contribution < 1.29 is 38.1 Å². The average molecular weight is 434 g/mol. The highest BCUT2D eigenvalue weighted by Crippen LogP contribution is 2.59. The molecule has 0 amide bonds. The summed E-state index contributed by atoms with van der Waals surface area (Å²) in [5.41, 5.74) is -0.195. The van der Waals surface area contributed by atoms with Gasteiger partial charge in [0.15, 0.2) is 0 Å². The monoisotopic (exact) mass is 434 g/mol. The van der Waals surface area contributed by atoms with Crippen LogP contribution in [0.4, 0.5) is 0 Å². The average Bonchev–Trinajstić information content (AvgIpc) is 3.46. The lowest BCUT2D eigenvalue weighted by Crippen LogP contribution is -2.45. The third-order valence-corrected chi connectivity index (χ3v) is 7.45. The number of hydrogen-bond acceptors (Lipinski definition) is 8. The molecule has 1 saturated heterocycles. The molecule has 0 radical (unpaired) electrons. The Balaban J connectivity index is 1.41. The van der Waals surface area contributed by atoms with Crippen molar-refractivity contribution in [1.29, 1.82) is 0 Å². The topological polar surface area (TPSA) is 105 Å². The minimum atomic E-state index is -0.671. The summed E-state index contributed by atoms with van der Waals surface area (Å²) in [5, 5.41) is 0. The number of rotatable bonds is 8. The van der Waals surface area contributed by atoms with Crippen molar-refractivity contribution in [3.05, 3.63) is 12.2 Å². The van der Waals surface area contributed by atoms with Gasteiger partial charge in [0.2, 0.25) is 0 Å². The first-order chi connectivity index (χ1) is 14.8. The van der Waals surface area contributed by atoms with Crippen molar-refractivity contribution in [2.45, 2.75) is 76.6 Å². The van der Waals surface area contributed by atoms with E-state index in [4.69, 9.17) is 18.9 Å². The highest BCUT2D eigenvalue weighted by Gasteiger charge is 2.70. The van der Waals surface area contributed by atoms with Crippen molar-refractivity contribution in [3.8, 4) is 0 Å². The summed E-state index contributed by atoms with van der Waals surface area (Å²) in [5.74, 6) is -3.46. The van der Waals surface area contributed by atoms with Crippen molar-refractivity contribution in [1.82, 2.24) is 0 Å². The zero-order chi connectivity index (χ0) is 22.3. The van der Waals surface area contributed by atoms with E-state index in [1.54, 1.807) is 0 Å². The van der Waals surface area contributed by atoms with E-state index in [1.165, 1.54) is 6.92 Å². The predicted octanol–water partition coefficient (Wildman–Crippen LogP) is 2.48. The van der Waals surface area contributed by atoms with Crippen LogP contribution in [0.15, 0.2) is 12.2 Å². The molecule has 0 aromatic heterocycles. The summed E-state index contributed by atoms with van der Waals surface area (Å²) < 4.78 is 22.1. The quantitative estimate of drug-likeness (QED) is 0.326. The van der Waals surface area contributed by atoms with Crippen molar-refractivity contribution in [2.75, 3.05) is 6.61 Å². The number of ether oxygens (including phenoxy) is 4. The third kappa shape index (κ3) is 3.85. The molecule has 4 fully saturated rings. The van der Waals surface area contributed by atoms with Crippen LogP contribution >= 0.6 is 0 Å². The molecule has 0 aromatic rings. The van der Waals surface area contributed by atoms with E-state index >= 15 is 0 Å². The third-order valence-electron chi connectivity index (χ3n) is 7.45. The molecule has 0 aromatic carbocycles. The van der Waals surface area contributed by atoms with Gasteiger partial charge in [-0.2, -0.15) is 0 Å². The maximum Gasteiger partial charge on any atom is 0.333 e. The van der Waals surface area contributed by atoms with E-state index in [0.717, 1.165) is 32.1 Å². The molecule has 0 spiro atoms. The molecule has 1 heterocycles. The summed E-state index contributed by atoms with van der Waals surface area (Å²) in [6, 6.07) is 0. The second-order valence-corrected chi connectivity index (χ2v) is 9.30. The largest absolute Gasteiger partial charge is 0.462 e. The van der Waals surface area contributed by atoms with Gasteiger partial charge >= 0.3 is 23.9 Å². The molecule has 4 rings (SSSR count). The fourth-order valence-corrected chi connectivity index (χ4v) is 5.86. The first-order valence-electron chi connectivity index (χ1n) is 11.2. The number of hydrogen-bond donors (Lipinski definition) is 0.